The molecule has 0 aliphatic carbocycles. The number of rotatable bonds is 5. The van der Waals surface area contributed by atoms with Gasteiger partial charge in [0.05, 0.1) is 0 Å². The van der Waals surface area contributed by atoms with Crippen LogP contribution in [0.1, 0.15) is 15.9 Å². The lowest BCUT2D eigenvalue weighted by molar-refractivity contribution is -0.116. The predicted molar refractivity (Wildman–Crippen MR) is 94.2 cm³/mol. The number of nitrogens with zero attached hydrogens (tertiary/aromatic N) is 3. The molecule has 0 atom stereocenters. The van der Waals surface area contributed by atoms with E-state index in [1.807, 2.05) is 31.2 Å². The van der Waals surface area contributed by atoms with E-state index in [9.17, 15) is 14.0 Å². The van der Waals surface area contributed by atoms with E-state index in [4.69, 9.17) is 0 Å². The maximum absolute atomic E-state index is 12.9. The smallest absolute Gasteiger partial charge is 0.258 e. The van der Waals surface area contributed by atoms with Gasteiger partial charge in [-0.05, 0) is 42.8 Å². The minimum Gasteiger partial charge on any atom is -0.324 e. The van der Waals surface area contributed by atoms with Gasteiger partial charge in [-0.15, -0.1) is 5.10 Å². The molecule has 0 bridgehead atoms. The van der Waals surface area contributed by atoms with Crippen LogP contribution in [-0.2, 0) is 11.3 Å². The second kappa shape index (κ2) is 7.56. The van der Waals surface area contributed by atoms with E-state index in [0.717, 1.165) is 11.3 Å². The standard InChI is InChI=1S/C18H16FN5O2/c1-12-4-2-3-5-15(12)21-16(25)10-24-11-20-18(23-24)22-17(26)13-6-8-14(19)9-7-13/h2-9,11H,10H2,1H3,(H,21,25)(H,22,23,26). The molecule has 8 heteroatoms. The van der Waals surface area contributed by atoms with Gasteiger partial charge in [-0.2, -0.15) is 0 Å². The topological polar surface area (TPSA) is 88.9 Å². The first-order chi connectivity index (χ1) is 12.5. The maximum Gasteiger partial charge on any atom is 0.258 e. The first-order valence-corrected chi connectivity index (χ1v) is 7.83. The molecule has 7 nitrogen and oxygen atoms in total. The molecule has 0 saturated heterocycles. The van der Waals surface area contributed by atoms with Crippen LogP contribution < -0.4 is 10.6 Å². The van der Waals surface area contributed by atoms with E-state index < -0.39 is 11.7 Å². The van der Waals surface area contributed by atoms with E-state index in [2.05, 4.69) is 20.7 Å². The molecule has 0 spiro atoms. The molecule has 0 unspecified atom stereocenters. The van der Waals surface area contributed by atoms with Gasteiger partial charge in [0, 0.05) is 11.3 Å². The van der Waals surface area contributed by atoms with E-state index in [-0.39, 0.29) is 24.0 Å². The van der Waals surface area contributed by atoms with Crippen LogP contribution >= 0.6 is 0 Å². The molecule has 0 saturated carbocycles. The van der Waals surface area contributed by atoms with Crippen molar-refractivity contribution in [2.24, 2.45) is 0 Å². The number of hydrogen-bond acceptors (Lipinski definition) is 4. The summed E-state index contributed by atoms with van der Waals surface area (Å²) in [4.78, 5) is 28.1. The summed E-state index contributed by atoms with van der Waals surface area (Å²) in [7, 11) is 0. The number of amides is 2. The van der Waals surface area contributed by atoms with Crippen LogP contribution in [0.4, 0.5) is 16.0 Å². The Morgan fingerprint density at radius 3 is 2.54 bits per heavy atom. The summed E-state index contributed by atoms with van der Waals surface area (Å²) in [5, 5.41) is 9.32. The summed E-state index contributed by atoms with van der Waals surface area (Å²) < 4.78 is 14.2. The summed E-state index contributed by atoms with van der Waals surface area (Å²) >= 11 is 0. The Bertz CT molecular complexity index is 937. The second-order valence-electron chi connectivity index (χ2n) is 5.59. The fourth-order valence-corrected chi connectivity index (χ4v) is 2.25. The largest absolute Gasteiger partial charge is 0.324 e. The van der Waals surface area contributed by atoms with Gasteiger partial charge in [0.15, 0.2) is 0 Å². The zero-order chi connectivity index (χ0) is 18.5. The van der Waals surface area contributed by atoms with Gasteiger partial charge >= 0.3 is 0 Å². The molecule has 2 amide bonds. The highest BCUT2D eigenvalue weighted by atomic mass is 19.1. The van der Waals surface area contributed by atoms with Gasteiger partial charge < -0.3 is 5.32 Å². The molecule has 0 aliphatic rings. The molecule has 26 heavy (non-hydrogen) atoms. The second-order valence-corrected chi connectivity index (χ2v) is 5.59. The summed E-state index contributed by atoms with van der Waals surface area (Å²) in [6, 6.07) is 12.5. The first kappa shape index (κ1) is 17.3. The Kier molecular flexibility index (Phi) is 5.02. The van der Waals surface area contributed by atoms with Gasteiger partial charge in [-0.25, -0.2) is 14.1 Å². The van der Waals surface area contributed by atoms with E-state index in [1.165, 1.54) is 35.3 Å². The van der Waals surface area contributed by atoms with E-state index >= 15 is 0 Å². The van der Waals surface area contributed by atoms with Gasteiger partial charge in [-0.3, -0.25) is 14.9 Å². The van der Waals surface area contributed by atoms with Crippen molar-refractivity contribution in [3.63, 3.8) is 0 Å². The minimum atomic E-state index is -0.466. The number of hydrogen-bond donors (Lipinski definition) is 2. The van der Waals surface area contributed by atoms with Crippen LogP contribution in [0.15, 0.2) is 54.9 Å². The molecular weight excluding hydrogens is 337 g/mol. The van der Waals surface area contributed by atoms with Crippen LogP contribution in [0.5, 0.6) is 0 Å². The minimum absolute atomic E-state index is 0.0479. The summed E-state index contributed by atoms with van der Waals surface area (Å²) in [5.41, 5.74) is 1.95. The van der Waals surface area contributed by atoms with Crippen molar-refractivity contribution in [1.29, 1.82) is 0 Å². The number of nitrogens with one attached hydrogen (secondary N) is 2. The highest BCUT2D eigenvalue weighted by molar-refractivity contribution is 6.03. The highest BCUT2D eigenvalue weighted by Gasteiger charge is 2.11. The number of halogens is 1. The van der Waals surface area contributed by atoms with Crippen LogP contribution in [-0.4, -0.2) is 26.6 Å². The summed E-state index contributed by atoms with van der Waals surface area (Å²) in [5.74, 6) is -1.10. The van der Waals surface area contributed by atoms with Crippen molar-refractivity contribution in [3.8, 4) is 0 Å². The molecule has 3 rings (SSSR count). The molecule has 3 aromatic rings. The first-order valence-electron chi connectivity index (χ1n) is 7.83. The predicted octanol–water partition coefficient (Wildman–Crippen LogP) is 2.62. The van der Waals surface area contributed by atoms with Gasteiger partial charge in [0.2, 0.25) is 11.9 Å². The van der Waals surface area contributed by atoms with Crippen molar-refractivity contribution in [3.05, 3.63) is 71.8 Å². The Hall–Kier alpha value is -3.55. The van der Waals surface area contributed by atoms with Crippen LogP contribution in [0.3, 0.4) is 0 Å². The number of para-hydroxylation sites is 1. The van der Waals surface area contributed by atoms with Gasteiger partial charge in [-0.1, -0.05) is 18.2 Å². The quantitative estimate of drug-likeness (QED) is 0.738. The third-order valence-electron chi connectivity index (χ3n) is 3.59. The molecule has 132 valence electrons. The molecule has 2 N–H and O–H groups in total. The average molecular weight is 353 g/mol. The average Bonchev–Trinajstić information content (AvgIpc) is 3.04. The Morgan fingerprint density at radius 1 is 1.08 bits per heavy atom. The molecule has 0 aliphatic heterocycles. The Morgan fingerprint density at radius 2 is 1.81 bits per heavy atom. The van der Waals surface area contributed by atoms with E-state index in [0.29, 0.717) is 0 Å². The SMILES string of the molecule is Cc1ccccc1NC(=O)Cn1cnc(NC(=O)c2ccc(F)cc2)n1. The van der Waals surface area contributed by atoms with Crippen LogP contribution in [0, 0.1) is 12.7 Å². The lowest BCUT2D eigenvalue weighted by Crippen LogP contribution is -2.20. The van der Waals surface area contributed by atoms with Gasteiger partial charge in [0.1, 0.15) is 18.7 Å². The molecule has 1 heterocycles. The number of aryl methyl sites for hydroxylation is 1. The van der Waals surface area contributed by atoms with Crippen molar-refractivity contribution < 1.29 is 14.0 Å². The van der Waals surface area contributed by atoms with Crippen molar-refractivity contribution >= 4 is 23.5 Å². The Labute approximate surface area is 148 Å². The number of benzene rings is 2. The van der Waals surface area contributed by atoms with Crippen molar-refractivity contribution in [2.45, 2.75) is 13.5 Å². The van der Waals surface area contributed by atoms with Gasteiger partial charge in [0.25, 0.3) is 5.91 Å². The van der Waals surface area contributed by atoms with Crippen LogP contribution in [0.25, 0.3) is 0 Å². The number of carbonyl (C=O) groups excluding carboxylic acids is 2. The monoisotopic (exact) mass is 353 g/mol. The molecule has 0 fully saturated rings. The zero-order valence-electron chi connectivity index (χ0n) is 13.9. The molecule has 2 aromatic carbocycles. The number of aromatic nitrogens is 3. The lowest BCUT2D eigenvalue weighted by atomic mass is 10.2. The fraction of sp³-hybridized carbons (Fsp3) is 0.111. The third-order valence-corrected chi connectivity index (χ3v) is 3.59. The molecule has 0 radical (unpaired) electrons. The molecule has 1 aromatic heterocycles. The summed E-state index contributed by atoms with van der Waals surface area (Å²) in [6.45, 7) is 1.85. The zero-order valence-corrected chi connectivity index (χ0v) is 13.9. The number of carbonyl (C=O) groups is 2. The lowest BCUT2D eigenvalue weighted by Gasteiger charge is -2.07. The summed E-state index contributed by atoms with van der Waals surface area (Å²) in [6.07, 6.45) is 1.34. The Balaban J connectivity index is 1.59. The van der Waals surface area contributed by atoms with E-state index in [1.54, 1.807) is 0 Å². The highest BCUT2D eigenvalue weighted by Crippen LogP contribution is 2.13. The number of anilines is 2. The van der Waals surface area contributed by atoms with Crippen molar-refractivity contribution in [1.82, 2.24) is 14.8 Å². The maximum atomic E-state index is 12.9. The van der Waals surface area contributed by atoms with Crippen LogP contribution in [0.2, 0.25) is 0 Å². The molecular formula is C18H16FN5O2. The van der Waals surface area contributed by atoms with Crippen molar-refractivity contribution in [2.75, 3.05) is 10.6 Å². The fourth-order valence-electron chi connectivity index (χ4n) is 2.25. The third kappa shape index (κ3) is 4.29. The normalized spacial score (nSPS) is 10.4.